The molecule has 1 nitrogen and oxygen atoms in total. The lowest BCUT2D eigenvalue weighted by Crippen LogP contribution is -2.33. The van der Waals surface area contributed by atoms with E-state index in [0.29, 0.717) is 22.9 Å². The van der Waals surface area contributed by atoms with Crippen LogP contribution in [0.5, 0.6) is 0 Å². The van der Waals surface area contributed by atoms with Gasteiger partial charge in [0.25, 0.3) is 0 Å². The Bertz CT molecular complexity index is 624. The number of aliphatic hydroxyl groups is 1. The lowest BCUT2D eigenvalue weighted by molar-refractivity contribution is 0.0224. The second-order valence-electron chi connectivity index (χ2n) is 5.08. The first kappa shape index (κ1) is 13.0. The summed E-state index contributed by atoms with van der Waals surface area (Å²) in [5, 5.41) is 11.9. The Hall–Kier alpha value is -1.02. The van der Waals surface area contributed by atoms with Crippen molar-refractivity contribution in [3.05, 3.63) is 69.2 Å². The van der Waals surface area contributed by atoms with Crippen LogP contribution in [0.2, 0.25) is 10.0 Å². The third kappa shape index (κ3) is 2.27. The highest BCUT2D eigenvalue weighted by Crippen LogP contribution is 2.41. The fourth-order valence-corrected chi connectivity index (χ4v) is 3.29. The van der Waals surface area contributed by atoms with E-state index < -0.39 is 5.60 Å². The van der Waals surface area contributed by atoms with E-state index in [9.17, 15) is 5.11 Å². The van der Waals surface area contributed by atoms with Gasteiger partial charge in [-0.3, -0.25) is 0 Å². The molecule has 0 heterocycles. The molecule has 0 amide bonds. The van der Waals surface area contributed by atoms with Crippen molar-refractivity contribution in [3.8, 4) is 0 Å². The van der Waals surface area contributed by atoms with Crippen molar-refractivity contribution >= 4 is 23.2 Å². The molecular formula is C16H14Cl2O. The average molecular weight is 293 g/mol. The maximum absolute atomic E-state index is 11.0. The van der Waals surface area contributed by atoms with Crippen molar-refractivity contribution in [2.24, 2.45) is 0 Å². The molecule has 2 aromatic rings. The number of aryl methyl sites for hydroxylation is 1. The number of halogens is 2. The molecular weight excluding hydrogens is 279 g/mol. The number of hydrogen-bond donors (Lipinski definition) is 1. The van der Waals surface area contributed by atoms with Gasteiger partial charge in [-0.25, -0.2) is 0 Å². The summed E-state index contributed by atoms with van der Waals surface area (Å²) in [6.07, 6.45) is 2.11. The monoisotopic (exact) mass is 292 g/mol. The zero-order valence-electron chi connectivity index (χ0n) is 10.4. The molecule has 0 bridgehead atoms. The average Bonchev–Trinajstić information content (AvgIpc) is 2.41. The molecule has 2 aromatic carbocycles. The molecule has 0 radical (unpaired) electrons. The van der Waals surface area contributed by atoms with Gasteiger partial charge in [0, 0.05) is 12.0 Å². The summed E-state index contributed by atoms with van der Waals surface area (Å²) >= 11 is 12.3. The van der Waals surface area contributed by atoms with Gasteiger partial charge in [-0.2, -0.15) is 0 Å². The number of hydrogen-bond acceptors (Lipinski definition) is 1. The fourth-order valence-electron chi connectivity index (χ4n) is 2.81. The van der Waals surface area contributed by atoms with E-state index in [4.69, 9.17) is 23.2 Å². The Morgan fingerprint density at radius 3 is 2.47 bits per heavy atom. The van der Waals surface area contributed by atoms with Crippen LogP contribution in [0, 0.1) is 0 Å². The summed E-state index contributed by atoms with van der Waals surface area (Å²) in [7, 11) is 0. The zero-order valence-corrected chi connectivity index (χ0v) is 11.9. The summed E-state index contributed by atoms with van der Waals surface area (Å²) in [5.41, 5.74) is 2.31. The normalized spacial score (nSPS) is 22.1. The maximum atomic E-state index is 11.0. The SMILES string of the molecule is OC1(c2cccc(Cl)c2Cl)CCc2ccccc2C1. The van der Waals surface area contributed by atoms with Crippen molar-refractivity contribution < 1.29 is 5.11 Å². The molecule has 0 fully saturated rings. The van der Waals surface area contributed by atoms with Gasteiger partial charge < -0.3 is 5.11 Å². The van der Waals surface area contributed by atoms with Crippen LogP contribution in [0.3, 0.4) is 0 Å². The van der Waals surface area contributed by atoms with Gasteiger partial charge in [-0.15, -0.1) is 0 Å². The van der Waals surface area contributed by atoms with Crippen LogP contribution < -0.4 is 0 Å². The Kier molecular flexibility index (Phi) is 3.30. The number of rotatable bonds is 1. The van der Waals surface area contributed by atoms with Crippen LogP contribution >= 0.6 is 23.2 Å². The second-order valence-corrected chi connectivity index (χ2v) is 5.86. The molecule has 1 N–H and O–H groups in total. The molecule has 0 spiro atoms. The van der Waals surface area contributed by atoms with E-state index in [1.54, 1.807) is 6.07 Å². The summed E-state index contributed by atoms with van der Waals surface area (Å²) in [5.74, 6) is 0. The van der Waals surface area contributed by atoms with Crippen molar-refractivity contribution in [3.63, 3.8) is 0 Å². The molecule has 0 saturated heterocycles. The summed E-state index contributed by atoms with van der Waals surface area (Å²) in [6.45, 7) is 0. The molecule has 98 valence electrons. The van der Waals surface area contributed by atoms with E-state index >= 15 is 0 Å². The van der Waals surface area contributed by atoms with Gasteiger partial charge in [0.2, 0.25) is 0 Å². The van der Waals surface area contributed by atoms with Crippen molar-refractivity contribution in [2.45, 2.75) is 24.9 Å². The highest BCUT2D eigenvalue weighted by molar-refractivity contribution is 6.42. The summed E-state index contributed by atoms with van der Waals surface area (Å²) < 4.78 is 0. The van der Waals surface area contributed by atoms with Crippen LogP contribution in [0.1, 0.15) is 23.1 Å². The lowest BCUT2D eigenvalue weighted by atomic mass is 9.76. The molecule has 0 saturated carbocycles. The third-order valence-corrected chi connectivity index (χ3v) is 4.68. The fraction of sp³-hybridized carbons (Fsp3) is 0.250. The highest BCUT2D eigenvalue weighted by Gasteiger charge is 2.35. The van der Waals surface area contributed by atoms with E-state index in [1.807, 2.05) is 24.3 Å². The van der Waals surface area contributed by atoms with Gasteiger partial charge >= 0.3 is 0 Å². The topological polar surface area (TPSA) is 20.2 Å². The Morgan fingerprint density at radius 1 is 0.947 bits per heavy atom. The summed E-state index contributed by atoms with van der Waals surface area (Å²) in [4.78, 5) is 0. The van der Waals surface area contributed by atoms with Crippen LogP contribution in [0.4, 0.5) is 0 Å². The van der Waals surface area contributed by atoms with Gasteiger partial charge in [0.15, 0.2) is 0 Å². The van der Waals surface area contributed by atoms with E-state index in [2.05, 4.69) is 12.1 Å². The number of fused-ring (bicyclic) bond motifs is 1. The van der Waals surface area contributed by atoms with Crippen LogP contribution in [0.25, 0.3) is 0 Å². The molecule has 19 heavy (non-hydrogen) atoms. The minimum Gasteiger partial charge on any atom is -0.385 e. The molecule has 1 unspecified atom stereocenters. The number of benzene rings is 2. The Balaban J connectivity index is 2.04. The Labute approximate surface area is 122 Å². The van der Waals surface area contributed by atoms with E-state index in [-0.39, 0.29) is 0 Å². The Morgan fingerprint density at radius 2 is 1.68 bits per heavy atom. The largest absolute Gasteiger partial charge is 0.385 e. The predicted octanol–water partition coefficient (Wildman–Crippen LogP) is 4.37. The van der Waals surface area contributed by atoms with E-state index in [1.165, 1.54) is 11.1 Å². The molecule has 3 heteroatoms. The van der Waals surface area contributed by atoms with Gasteiger partial charge in [-0.05, 0) is 30.0 Å². The van der Waals surface area contributed by atoms with Crippen molar-refractivity contribution in [1.29, 1.82) is 0 Å². The minimum absolute atomic E-state index is 0.464. The first-order valence-corrected chi connectivity index (χ1v) is 7.09. The van der Waals surface area contributed by atoms with Gasteiger partial charge in [0.1, 0.15) is 0 Å². The lowest BCUT2D eigenvalue weighted by Gasteiger charge is -2.34. The first-order valence-electron chi connectivity index (χ1n) is 6.34. The maximum Gasteiger partial charge on any atom is 0.0954 e. The first-order chi connectivity index (χ1) is 9.10. The second kappa shape index (κ2) is 4.82. The molecule has 1 atom stereocenters. The van der Waals surface area contributed by atoms with E-state index in [0.717, 1.165) is 12.0 Å². The highest BCUT2D eigenvalue weighted by atomic mass is 35.5. The van der Waals surface area contributed by atoms with Crippen molar-refractivity contribution in [2.75, 3.05) is 0 Å². The van der Waals surface area contributed by atoms with Gasteiger partial charge in [0.05, 0.1) is 15.6 Å². The zero-order chi connectivity index (χ0) is 13.5. The standard InChI is InChI=1S/C16H14Cl2O/c17-14-7-3-6-13(15(14)18)16(19)9-8-11-4-1-2-5-12(11)10-16/h1-7,19H,8-10H2. The molecule has 0 aromatic heterocycles. The van der Waals surface area contributed by atoms with Crippen LogP contribution in [-0.4, -0.2) is 5.11 Å². The third-order valence-electron chi connectivity index (χ3n) is 3.86. The van der Waals surface area contributed by atoms with Crippen LogP contribution in [-0.2, 0) is 18.4 Å². The minimum atomic E-state index is -0.920. The summed E-state index contributed by atoms with van der Waals surface area (Å²) in [6, 6.07) is 13.7. The molecule has 1 aliphatic carbocycles. The molecule has 0 aliphatic heterocycles. The van der Waals surface area contributed by atoms with Crippen LogP contribution in [0.15, 0.2) is 42.5 Å². The van der Waals surface area contributed by atoms with Crippen molar-refractivity contribution in [1.82, 2.24) is 0 Å². The molecule has 3 rings (SSSR count). The van der Waals surface area contributed by atoms with Gasteiger partial charge in [-0.1, -0.05) is 59.6 Å². The molecule has 1 aliphatic rings. The smallest absolute Gasteiger partial charge is 0.0954 e. The quantitative estimate of drug-likeness (QED) is 0.827. The predicted molar refractivity (Wildman–Crippen MR) is 78.8 cm³/mol.